The van der Waals surface area contributed by atoms with E-state index in [1.54, 1.807) is 20.2 Å². The Morgan fingerprint density at radius 2 is 2.03 bits per heavy atom. The van der Waals surface area contributed by atoms with Crippen molar-refractivity contribution in [2.24, 2.45) is 10.7 Å². The minimum absolute atomic E-state index is 0.133. The molecule has 0 saturated carbocycles. The number of amides is 1. The van der Waals surface area contributed by atoms with Gasteiger partial charge in [0.2, 0.25) is 0 Å². The molecule has 8 heteroatoms. The number of benzene rings is 2. The van der Waals surface area contributed by atoms with E-state index in [9.17, 15) is 4.79 Å². The number of carbonyl (C=O) groups is 1. The van der Waals surface area contributed by atoms with Gasteiger partial charge in [-0.15, -0.1) is 0 Å². The molecule has 3 rings (SSSR count). The van der Waals surface area contributed by atoms with E-state index < -0.39 is 5.91 Å². The SMILES string of the molecule is CN=C(NCc1cccc(OCC(N)=O)c1)NC1CCCN(c2cccc(OC)c2)C1. The summed E-state index contributed by atoms with van der Waals surface area (Å²) in [6.07, 6.45) is 2.18. The Morgan fingerprint density at radius 3 is 2.81 bits per heavy atom. The first-order valence-electron chi connectivity index (χ1n) is 10.4. The van der Waals surface area contributed by atoms with E-state index in [-0.39, 0.29) is 12.6 Å². The normalized spacial score (nSPS) is 16.5. The lowest BCUT2D eigenvalue weighted by Crippen LogP contribution is -2.51. The summed E-state index contributed by atoms with van der Waals surface area (Å²) in [5.41, 5.74) is 7.32. The quantitative estimate of drug-likeness (QED) is 0.441. The highest BCUT2D eigenvalue weighted by molar-refractivity contribution is 5.80. The first-order valence-corrected chi connectivity index (χ1v) is 10.4. The van der Waals surface area contributed by atoms with E-state index in [2.05, 4.69) is 32.7 Å². The van der Waals surface area contributed by atoms with Gasteiger partial charge in [-0.2, -0.15) is 0 Å². The summed E-state index contributed by atoms with van der Waals surface area (Å²) in [6.45, 7) is 2.37. The summed E-state index contributed by atoms with van der Waals surface area (Å²) < 4.78 is 10.7. The molecule has 1 atom stereocenters. The Bertz CT molecular complexity index is 902. The molecule has 31 heavy (non-hydrogen) atoms. The fourth-order valence-corrected chi connectivity index (χ4v) is 3.61. The Hall–Kier alpha value is -3.42. The highest BCUT2D eigenvalue weighted by atomic mass is 16.5. The molecular formula is C23H31N5O3. The molecule has 8 nitrogen and oxygen atoms in total. The summed E-state index contributed by atoms with van der Waals surface area (Å²) in [5.74, 6) is 1.74. The van der Waals surface area contributed by atoms with Crippen LogP contribution in [0.3, 0.4) is 0 Å². The first-order chi connectivity index (χ1) is 15.1. The number of nitrogens with two attached hydrogens (primary N) is 1. The van der Waals surface area contributed by atoms with E-state index in [1.807, 2.05) is 30.3 Å². The van der Waals surface area contributed by atoms with Crippen molar-refractivity contribution in [3.63, 3.8) is 0 Å². The van der Waals surface area contributed by atoms with Gasteiger partial charge in [0.05, 0.1) is 7.11 Å². The molecule has 0 aromatic heterocycles. The van der Waals surface area contributed by atoms with Crippen molar-refractivity contribution in [1.82, 2.24) is 10.6 Å². The highest BCUT2D eigenvalue weighted by Gasteiger charge is 2.21. The average Bonchev–Trinajstić information content (AvgIpc) is 2.81. The van der Waals surface area contributed by atoms with Crippen molar-refractivity contribution in [2.75, 3.05) is 38.8 Å². The Morgan fingerprint density at radius 1 is 1.23 bits per heavy atom. The number of nitrogens with one attached hydrogen (secondary N) is 2. The van der Waals surface area contributed by atoms with Crippen molar-refractivity contribution in [2.45, 2.75) is 25.4 Å². The van der Waals surface area contributed by atoms with E-state index in [1.165, 1.54) is 5.69 Å². The van der Waals surface area contributed by atoms with Crippen molar-refractivity contribution in [3.8, 4) is 11.5 Å². The second kappa shape index (κ2) is 11.1. The van der Waals surface area contributed by atoms with Gasteiger partial charge in [0.15, 0.2) is 12.6 Å². The summed E-state index contributed by atoms with van der Waals surface area (Å²) in [5, 5.41) is 6.88. The lowest BCUT2D eigenvalue weighted by molar-refractivity contribution is -0.119. The van der Waals surface area contributed by atoms with E-state index in [0.29, 0.717) is 12.3 Å². The topological polar surface area (TPSA) is 101 Å². The fourth-order valence-electron chi connectivity index (χ4n) is 3.61. The van der Waals surface area contributed by atoms with E-state index >= 15 is 0 Å². The molecule has 0 radical (unpaired) electrons. The second-order valence-corrected chi connectivity index (χ2v) is 7.46. The first kappa shape index (κ1) is 22.3. The number of guanidine groups is 1. The van der Waals surface area contributed by atoms with Crippen molar-refractivity contribution < 1.29 is 14.3 Å². The molecule has 0 aliphatic carbocycles. The molecule has 1 fully saturated rings. The van der Waals surface area contributed by atoms with Gasteiger partial charge in [0, 0.05) is 44.5 Å². The van der Waals surface area contributed by atoms with Crippen LogP contribution in [0.5, 0.6) is 11.5 Å². The third-order valence-electron chi connectivity index (χ3n) is 5.14. The van der Waals surface area contributed by atoms with Crippen LogP contribution in [0.4, 0.5) is 5.69 Å². The standard InChI is InChI=1S/C23H31N5O3/c1-25-23(26-14-17-6-3-10-21(12-17)31-16-22(24)29)27-18-7-5-11-28(15-18)19-8-4-9-20(13-19)30-2/h3-4,6,8-10,12-13,18H,5,7,11,14-16H2,1-2H3,(H2,24,29)(H2,25,26,27). The van der Waals surface area contributed by atoms with Crippen LogP contribution < -0.4 is 30.7 Å². The van der Waals surface area contributed by atoms with E-state index in [0.717, 1.165) is 43.2 Å². The number of carbonyl (C=O) groups excluding carboxylic acids is 1. The van der Waals surface area contributed by atoms with Crippen LogP contribution in [0.1, 0.15) is 18.4 Å². The number of rotatable bonds is 8. The lowest BCUT2D eigenvalue weighted by atomic mass is 10.0. The van der Waals surface area contributed by atoms with Crippen molar-refractivity contribution >= 4 is 17.6 Å². The van der Waals surface area contributed by atoms with Gasteiger partial charge < -0.3 is 30.7 Å². The zero-order valence-corrected chi connectivity index (χ0v) is 18.1. The maximum Gasteiger partial charge on any atom is 0.255 e. The Kier molecular flexibility index (Phi) is 7.98. The smallest absolute Gasteiger partial charge is 0.255 e. The molecule has 2 aromatic rings. The van der Waals surface area contributed by atoms with E-state index in [4.69, 9.17) is 15.2 Å². The average molecular weight is 426 g/mol. The molecule has 1 heterocycles. The van der Waals surface area contributed by atoms with Crippen LogP contribution >= 0.6 is 0 Å². The number of anilines is 1. The van der Waals surface area contributed by atoms with Crippen LogP contribution in [-0.2, 0) is 11.3 Å². The van der Waals surface area contributed by atoms with Gasteiger partial charge in [-0.05, 0) is 42.7 Å². The zero-order valence-electron chi connectivity index (χ0n) is 18.1. The largest absolute Gasteiger partial charge is 0.497 e. The summed E-state index contributed by atoms with van der Waals surface area (Å²) in [7, 11) is 3.46. The fraction of sp³-hybridized carbons (Fsp3) is 0.391. The van der Waals surface area contributed by atoms with Crippen LogP contribution in [0.15, 0.2) is 53.5 Å². The number of piperidine rings is 1. The number of hydrogen-bond donors (Lipinski definition) is 3. The molecule has 0 bridgehead atoms. The summed E-state index contributed by atoms with van der Waals surface area (Å²) in [4.78, 5) is 17.6. The number of hydrogen-bond acceptors (Lipinski definition) is 5. The second-order valence-electron chi connectivity index (χ2n) is 7.46. The predicted octanol–water partition coefficient (Wildman–Crippen LogP) is 1.89. The number of ether oxygens (including phenoxy) is 2. The number of nitrogens with zero attached hydrogens (tertiary/aromatic N) is 2. The van der Waals surface area contributed by atoms with Gasteiger partial charge in [-0.25, -0.2) is 0 Å². The van der Waals surface area contributed by atoms with Crippen LogP contribution in [0.2, 0.25) is 0 Å². The molecule has 166 valence electrons. The van der Waals surface area contributed by atoms with Crippen molar-refractivity contribution in [3.05, 3.63) is 54.1 Å². The predicted molar refractivity (Wildman–Crippen MR) is 123 cm³/mol. The van der Waals surface area contributed by atoms with Crippen LogP contribution in [0.25, 0.3) is 0 Å². The molecular weight excluding hydrogens is 394 g/mol. The minimum Gasteiger partial charge on any atom is -0.497 e. The molecule has 1 amide bonds. The maximum absolute atomic E-state index is 10.9. The van der Waals surface area contributed by atoms with Crippen LogP contribution in [-0.4, -0.2) is 51.8 Å². The molecule has 0 spiro atoms. The highest BCUT2D eigenvalue weighted by Crippen LogP contribution is 2.24. The minimum atomic E-state index is -0.497. The lowest BCUT2D eigenvalue weighted by Gasteiger charge is -2.35. The number of primary amides is 1. The molecule has 1 aliphatic heterocycles. The molecule has 2 aromatic carbocycles. The van der Waals surface area contributed by atoms with Gasteiger partial charge in [0.25, 0.3) is 5.91 Å². The zero-order chi connectivity index (χ0) is 22.1. The third kappa shape index (κ3) is 6.80. The monoisotopic (exact) mass is 425 g/mol. The number of methoxy groups -OCH3 is 1. The molecule has 1 saturated heterocycles. The number of aliphatic imine (C=N–C) groups is 1. The van der Waals surface area contributed by atoms with Crippen LogP contribution in [0, 0.1) is 0 Å². The van der Waals surface area contributed by atoms with Gasteiger partial charge in [0.1, 0.15) is 11.5 Å². The summed E-state index contributed by atoms with van der Waals surface area (Å²) >= 11 is 0. The van der Waals surface area contributed by atoms with Gasteiger partial charge in [-0.3, -0.25) is 9.79 Å². The molecule has 1 aliphatic rings. The van der Waals surface area contributed by atoms with Gasteiger partial charge >= 0.3 is 0 Å². The van der Waals surface area contributed by atoms with Crippen molar-refractivity contribution in [1.29, 1.82) is 0 Å². The summed E-state index contributed by atoms with van der Waals surface area (Å²) in [6, 6.07) is 16.0. The molecule has 4 N–H and O–H groups in total. The Labute approximate surface area is 183 Å². The van der Waals surface area contributed by atoms with Gasteiger partial charge in [-0.1, -0.05) is 18.2 Å². The molecule has 1 unspecified atom stereocenters. The third-order valence-corrected chi connectivity index (χ3v) is 5.14. The maximum atomic E-state index is 10.9. The Balaban J connectivity index is 1.53.